The molecule has 2 amide bonds. The Morgan fingerprint density at radius 2 is 1.78 bits per heavy atom. The molecule has 1 aliphatic heterocycles. The lowest BCUT2D eigenvalue weighted by Gasteiger charge is -2.23. The van der Waals surface area contributed by atoms with Crippen molar-refractivity contribution >= 4 is 11.7 Å². The summed E-state index contributed by atoms with van der Waals surface area (Å²) in [6, 6.07) is 6.24. The van der Waals surface area contributed by atoms with Gasteiger partial charge in [0.1, 0.15) is 0 Å². The number of urea groups is 1. The first kappa shape index (κ1) is 12.9. The fourth-order valence-corrected chi connectivity index (χ4v) is 2.37. The standard InChI is InChI=1S/C14H21N3O/c1-10-7-11(2)9-13(8-10)17-14(18)16-12-3-5-15-6-4-12/h7-9,12,15H,3-6H2,1-2H3,(H2,16,17,18). The van der Waals surface area contributed by atoms with E-state index in [0.717, 1.165) is 42.7 Å². The molecule has 0 aromatic heterocycles. The number of nitrogens with one attached hydrogen (secondary N) is 3. The molecule has 1 aromatic carbocycles. The molecule has 4 nitrogen and oxygen atoms in total. The van der Waals surface area contributed by atoms with Crippen molar-refractivity contribution in [1.29, 1.82) is 0 Å². The number of hydrogen-bond donors (Lipinski definition) is 3. The van der Waals surface area contributed by atoms with Gasteiger partial charge in [0.15, 0.2) is 0 Å². The van der Waals surface area contributed by atoms with Gasteiger partial charge < -0.3 is 16.0 Å². The fraction of sp³-hybridized carbons (Fsp3) is 0.500. The minimum Gasteiger partial charge on any atom is -0.335 e. The maximum absolute atomic E-state index is 11.9. The van der Waals surface area contributed by atoms with Crippen LogP contribution in [0.5, 0.6) is 0 Å². The summed E-state index contributed by atoms with van der Waals surface area (Å²) in [5.41, 5.74) is 3.18. The van der Waals surface area contributed by atoms with Crippen LogP contribution in [0.1, 0.15) is 24.0 Å². The number of carbonyl (C=O) groups is 1. The average molecular weight is 247 g/mol. The van der Waals surface area contributed by atoms with Crippen LogP contribution in [-0.2, 0) is 0 Å². The zero-order chi connectivity index (χ0) is 13.0. The molecule has 1 fully saturated rings. The number of carbonyl (C=O) groups excluding carboxylic acids is 1. The van der Waals surface area contributed by atoms with Crippen molar-refractivity contribution in [3.8, 4) is 0 Å². The predicted molar refractivity (Wildman–Crippen MR) is 74.0 cm³/mol. The van der Waals surface area contributed by atoms with Crippen LogP contribution in [-0.4, -0.2) is 25.2 Å². The van der Waals surface area contributed by atoms with E-state index in [-0.39, 0.29) is 12.1 Å². The summed E-state index contributed by atoms with van der Waals surface area (Å²) < 4.78 is 0. The van der Waals surface area contributed by atoms with Crippen molar-refractivity contribution in [1.82, 2.24) is 10.6 Å². The molecule has 3 N–H and O–H groups in total. The molecule has 0 aliphatic carbocycles. The minimum absolute atomic E-state index is 0.105. The number of amides is 2. The average Bonchev–Trinajstić information content (AvgIpc) is 2.28. The van der Waals surface area contributed by atoms with Gasteiger partial charge in [-0.25, -0.2) is 4.79 Å². The van der Waals surface area contributed by atoms with Crippen molar-refractivity contribution < 1.29 is 4.79 Å². The van der Waals surface area contributed by atoms with Gasteiger partial charge in [-0.15, -0.1) is 0 Å². The van der Waals surface area contributed by atoms with E-state index in [2.05, 4.69) is 22.0 Å². The van der Waals surface area contributed by atoms with Gasteiger partial charge in [-0.05, 0) is 63.0 Å². The molecule has 0 unspecified atom stereocenters. The maximum atomic E-state index is 11.9. The molecular formula is C14H21N3O. The molecule has 98 valence electrons. The predicted octanol–water partition coefficient (Wildman–Crippen LogP) is 2.18. The SMILES string of the molecule is Cc1cc(C)cc(NC(=O)NC2CCNCC2)c1. The molecule has 1 aliphatic rings. The minimum atomic E-state index is -0.105. The molecule has 1 aromatic rings. The van der Waals surface area contributed by atoms with E-state index in [9.17, 15) is 4.79 Å². The van der Waals surface area contributed by atoms with Crippen LogP contribution >= 0.6 is 0 Å². The van der Waals surface area contributed by atoms with Crippen LogP contribution in [0.15, 0.2) is 18.2 Å². The van der Waals surface area contributed by atoms with Crippen LogP contribution in [0.3, 0.4) is 0 Å². The largest absolute Gasteiger partial charge is 0.335 e. The first-order valence-corrected chi connectivity index (χ1v) is 6.50. The van der Waals surface area contributed by atoms with E-state index in [1.165, 1.54) is 0 Å². The molecule has 0 atom stereocenters. The Labute approximate surface area is 108 Å². The highest BCUT2D eigenvalue weighted by Gasteiger charge is 2.15. The van der Waals surface area contributed by atoms with Gasteiger partial charge in [0.05, 0.1) is 0 Å². The van der Waals surface area contributed by atoms with E-state index in [1.54, 1.807) is 0 Å². The Bertz CT molecular complexity index is 405. The molecule has 4 heteroatoms. The monoisotopic (exact) mass is 247 g/mol. The quantitative estimate of drug-likeness (QED) is 0.750. The highest BCUT2D eigenvalue weighted by molar-refractivity contribution is 5.89. The second-order valence-corrected chi connectivity index (χ2v) is 5.00. The third-order valence-corrected chi connectivity index (χ3v) is 3.15. The van der Waals surface area contributed by atoms with Gasteiger partial charge in [0, 0.05) is 11.7 Å². The smallest absolute Gasteiger partial charge is 0.319 e. The Balaban J connectivity index is 1.89. The number of aryl methyl sites for hydroxylation is 2. The van der Waals surface area contributed by atoms with Crippen molar-refractivity contribution in [3.05, 3.63) is 29.3 Å². The van der Waals surface area contributed by atoms with Gasteiger partial charge in [0.2, 0.25) is 0 Å². The summed E-state index contributed by atoms with van der Waals surface area (Å²) >= 11 is 0. The van der Waals surface area contributed by atoms with E-state index < -0.39 is 0 Å². The zero-order valence-electron chi connectivity index (χ0n) is 11.0. The molecule has 0 radical (unpaired) electrons. The number of rotatable bonds is 2. The van der Waals surface area contributed by atoms with E-state index in [4.69, 9.17) is 0 Å². The second kappa shape index (κ2) is 5.87. The van der Waals surface area contributed by atoms with Crippen LogP contribution in [0.4, 0.5) is 10.5 Å². The van der Waals surface area contributed by atoms with Gasteiger partial charge in [-0.3, -0.25) is 0 Å². The number of anilines is 1. The Morgan fingerprint density at radius 3 is 2.39 bits per heavy atom. The molecule has 0 saturated carbocycles. The van der Waals surface area contributed by atoms with Crippen LogP contribution in [0.2, 0.25) is 0 Å². The van der Waals surface area contributed by atoms with Crippen molar-refractivity contribution in [2.45, 2.75) is 32.7 Å². The molecule has 18 heavy (non-hydrogen) atoms. The first-order valence-electron chi connectivity index (χ1n) is 6.50. The van der Waals surface area contributed by atoms with Gasteiger partial charge in [-0.2, -0.15) is 0 Å². The van der Waals surface area contributed by atoms with Crippen LogP contribution in [0, 0.1) is 13.8 Å². The summed E-state index contributed by atoms with van der Waals surface area (Å²) in [7, 11) is 0. The van der Waals surface area contributed by atoms with E-state index in [1.807, 2.05) is 26.0 Å². The lowest BCUT2D eigenvalue weighted by Crippen LogP contribution is -2.44. The molecule has 0 bridgehead atoms. The third kappa shape index (κ3) is 3.74. The summed E-state index contributed by atoms with van der Waals surface area (Å²) in [6.45, 7) is 6.02. The van der Waals surface area contributed by atoms with Crippen molar-refractivity contribution in [3.63, 3.8) is 0 Å². The molecule has 0 spiro atoms. The topological polar surface area (TPSA) is 53.2 Å². The number of hydrogen-bond acceptors (Lipinski definition) is 2. The van der Waals surface area contributed by atoms with Crippen LogP contribution < -0.4 is 16.0 Å². The fourth-order valence-electron chi connectivity index (χ4n) is 2.37. The molecular weight excluding hydrogens is 226 g/mol. The number of piperidine rings is 1. The zero-order valence-corrected chi connectivity index (χ0v) is 11.0. The second-order valence-electron chi connectivity index (χ2n) is 5.00. The summed E-state index contributed by atoms with van der Waals surface area (Å²) in [4.78, 5) is 11.9. The lowest BCUT2D eigenvalue weighted by molar-refractivity contribution is 0.245. The summed E-state index contributed by atoms with van der Waals surface area (Å²) in [6.07, 6.45) is 2.00. The molecule has 2 rings (SSSR count). The Morgan fingerprint density at radius 1 is 1.17 bits per heavy atom. The van der Waals surface area contributed by atoms with Gasteiger partial charge >= 0.3 is 6.03 Å². The van der Waals surface area contributed by atoms with E-state index in [0.29, 0.717) is 0 Å². The van der Waals surface area contributed by atoms with Gasteiger partial charge in [-0.1, -0.05) is 6.07 Å². The highest BCUT2D eigenvalue weighted by atomic mass is 16.2. The number of benzene rings is 1. The van der Waals surface area contributed by atoms with Gasteiger partial charge in [0.25, 0.3) is 0 Å². The highest BCUT2D eigenvalue weighted by Crippen LogP contribution is 2.13. The maximum Gasteiger partial charge on any atom is 0.319 e. The molecule has 1 heterocycles. The summed E-state index contributed by atoms with van der Waals surface area (Å²) in [5.74, 6) is 0. The van der Waals surface area contributed by atoms with Crippen molar-refractivity contribution in [2.24, 2.45) is 0 Å². The summed E-state index contributed by atoms with van der Waals surface area (Å²) in [5, 5.41) is 9.20. The van der Waals surface area contributed by atoms with E-state index >= 15 is 0 Å². The lowest BCUT2D eigenvalue weighted by atomic mass is 10.1. The van der Waals surface area contributed by atoms with Crippen LogP contribution in [0.25, 0.3) is 0 Å². The first-order chi connectivity index (χ1) is 8.63. The van der Waals surface area contributed by atoms with Crippen molar-refractivity contribution in [2.75, 3.05) is 18.4 Å². The normalized spacial score (nSPS) is 16.3. The Kier molecular flexibility index (Phi) is 4.20. The third-order valence-electron chi connectivity index (χ3n) is 3.15. The molecule has 1 saturated heterocycles. The Hall–Kier alpha value is -1.55.